The van der Waals surface area contributed by atoms with E-state index < -0.39 is 0 Å². The van der Waals surface area contributed by atoms with Gasteiger partial charge in [-0.05, 0) is 74.4 Å². The molecule has 2 aromatic heterocycles. The van der Waals surface area contributed by atoms with E-state index in [2.05, 4.69) is 52.3 Å². The third kappa shape index (κ3) is 6.76. The summed E-state index contributed by atoms with van der Waals surface area (Å²) in [6.45, 7) is 5.26. The van der Waals surface area contributed by atoms with Crippen molar-refractivity contribution in [2.45, 2.75) is 32.9 Å². The first kappa shape index (κ1) is 28.0. The van der Waals surface area contributed by atoms with E-state index in [1.165, 1.54) is 0 Å². The second-order valence-electron chi connectivity index (χ2n) is 9.48. The van der Waals surface area contributed by atoms with Gasteiger partial charge in [-0.1, -0.05) is 27.3 Å². The van der Waals surface area contributed by atoms with Crippen LogP contribution in [0.1, 0.15) is 31.0 Å². The zero-order valence-electron chi connectivity index (χ0n) is 22.6. The third-order valence-electron chi connectivity index (χ3n) is 6.91. The fraction of sp³-hybridized carbons (Fsp3) is 0.345. The number of nitrogens with one attached hydrogen (secondary N) is 2. The summed E-state index contributed by atoms with van der Waals surface area (Å²) in [5, 5.41) is 17.2. The number of amides is 1. The number of carbonyl (C=O) groups is 1. The zero-order valence-corrected chi connectivity index (χ0v) is 25.0. The molecular formula is C29H33BrN6O3S. The molecule has 1 aliphatic heterocycles. The molecule has 5 rings (SSSR count). The van der Waals surface area contributed by atoms with E-state index in [1.54, 1.807) is 18.4 Å². The maximum absolute atomic E-state index is 12.9. The van der Waals surface area contributed by atoms with Gasteiger partial charge in [0.1, 0.15) is 11.5 Å². The highest BCUT2D eigenvalue weighted by Gasteiger charge is 2.27. The van der Waals surface area contributed by atoms with Crippen molar-refractivity contribution >= 4 is 44.0 Å². The SMILES string of the molecule is CCOc1ccc(NCc2cccn2-c2nnc(N3CCC(C(=O)NCc4cc(Br)ccc4OC)CC3)s2)cc1. The van der Waals surface area contributed by atoms with Crippen LogP contribution in [-0.4, -0.2) is 47.5 Å². The van der Waals surface area contributed by atoms with Crippen LogP contribution in [0.4, 0.5) is 10.8 Å². The summed E-state index contributed by atoms with van der Waals surface area (Å²) in [5.41, 5.74) is 3.06. The number of nitrogens with zero attached hydrogens (tertiary/aromatic N) is 4. The van der Waals surface area contributed by atoms with Crippen molar-refractivity contribution in [3.8, 4) is 16.6 Å². The lowest BCUT2D eigenvalue weighted by Gasteiger charge is -2.30. The predicted octanol–water partition coefficient (Wildman–Crippen LogP) is 5.64. The van der Waals surface area contributed by atoms with Crippen molar-refractivity contribution < 1.29 is 14.3 Å². The second kappa shape index (κ2) is 13.2. The summed E-state index contributed by atoms with van der Waals surface area (Å²) < 4.78 is 14.0. The lowest BCUT2D eigenvalue weighted by Crippen LogP contribution is -2.40. The normalized spacial score (nSPS) is 13.7. The summed E-state index contributed by atoms with van der Waals surface area (Å²) in [5.74, 6) is 1.69. The molecule has 9 nitrogen and oxygen atoms in total. The number of halogens is 1. The van der Waals surface area contributed by atoms with E-state index in [-0.39, 0.29) is 11.8 Å². The van der Waals surface area contributed by atoms with E-state index in [9.17, 15) is 4.79 Å². The number of aromatic nitrogens is 3. The van der Waals surface area contributed by atoms with Gasteiger partial charge in [-0.3, -0.25) is 9.36 Å². The average molecular weight is 626 g/mol. The number of benzene rings is 2. The highest BCUT2D eigenvalue weighted by atomic mass is 79.9. The van der Waals surface area contributed by atoms with Gasteiger partial charge in [-0.15, -0.1) is 10.2 Å². The third-order valence-corrected chi connectivity index (χ3v) is 8.39. The van der Waals surface area contributed by atoms with Gasteiger partial charge in [0, 0.05) is 53.2 Å². The molecule has 1 amide bonds. The van der Waals surface area contributed by atoms with Crippen molar-refractivity contribution in [3.05, 3.63) is 76.5 Å². The molecule has 4 aromatic rings. The number of piperidine rings is 1. The molecule has 0 atom stereocenters. The Kier molecular flexibility index (Phi) is 9.22. The standard InChI is InChI=1S/C29H33BrN6O3S/c1-3-39-25-9-7-23(8-10-25)31-19-24-5-4-14-36(24)29-34-33-28(40-29)35-15-12-20(13-16-35)27(37)32-18-21-17-22(30)6-11-26(21)38-2/h4-11,14,17,20,31H,3,12-13,15-16,18-19H2,1-2H3,(H,32,37). The summed E-state index contributed by atoms with van der Waals surface area (Å²) in [6, 6.07) is 17.9. The molecule has 2 N–H and O–H groups in total. The molecular weight excluding hydrogens is 592 g/mol. The van der Waals surface area contributed by atoms with E-state index in [4.69, 9.17) is 9.47 Å². The Morgan fingerprint density at radius 3 is 2.60 bits per heavy atom. The molecule has 0 spiro atoms. The predicted molar refractivity (Wildman–Crippen MR) is 162 cm³/mol. The van der Waals surface area contributed by atoms with E-state index >= 15 is 0 Å². The fourth-order valence-corrected chi connectivity index (χ4v) is 6.08. The molecule has 0 bridgehead atoms. The largest absolute Gasteiger partial charge is 0.496 e. The van der Waals surface area contributed by atoms with Crippen LogP contribution >= 0.6 is 27.3 Å². The Bertz CT molecular complexity index is 1420. The number of carbonyl (C=O) groups excluding carboxylic acids is 1. The molecule has 40 heavy (non-hydrogen) atoms. The zero-order chi connectivity index (χ0) is 27.9. The van der Waals surface area contributed by atoms with Gasteiger partial charge in [0.2, 0.25) is 16.2 Å². The summed E-state index contributed by atoms with van der Waals surface area (Å²) in [4.78, 5) is 15.1. The Hall–Kier alpha value is -3.57. The molecule has 0 unspecified atom stereocenters. The monoisotopic (exact) mass is 624 g/mol. The summed E-state index contributed by atoms with van der Waals surface area (Å²) >= 11 is 5.05. The van der Waals surface area contributed by atoms with Crippen molar-refractivity contribution in [3.63, 3.8) is 0 Å². The van der Waals surface area contributed by atoms with Crippen LogP contribution in [0.2, 0.25) is 0 Å². The molecule has 11 heteroatoms. The van der Waals surface area contributed by atoms with Crippen LogP contribution < -0.4 is 25.0 Å². The van der Waals surface area contributed by atoms with Gasteiger partial charge in [0.15, 0.2) is 0 Å². The fourth-order valence-electron chi connectivity index (χ4n) is 4.75. The smallest absolute Gasteiger partial charge is 0.223 e. The van der Waals surface area contributed by atoms with Crippen LogP contribution in [0.25, 0.3) is 5.13 Å². The number of anilines is 2. The maximum Gasteiger partial charge on any atom is 0.223 e. The second-order valence-corrected chi connectivity index (χ2v) is 11.3. The lowest BCUT2D eigenvalue weighted by atomic mass is 9.96. The molecule has 3 heterocycles. The first-order valence-electron chi connectivity index (χ1n) is 13.4. The summed E-state index contributed by atoms with van der Waals surface area (Å²) in [6.07, 6.45) is 3.56. The van der Waals surface area contributed by atoms with E-state index in [1.807, 2.05) is 61.7 Å². The van der Waals surface area contributed by atoms with Gasteiger partial charge in [0.05, 0.1) is 20.3 Å². The molecule has 2 aromatic carbocycles. The first-order chi connectivity index (χ1) is 19.5. The van der Waals surface area contributed by atoms with E-state index in [0.29, 0.717) is 19.7 Å². The molecule has 0 radical (unpaired) electrons. The number of ether oxygens (including phenoxy) is 2. The molecule has 1 saturated heterocycles. The molecule has 0 saturated carbocycles. The molecule has 0 aliphatic carbocycles. The number of methoxy groups -OCH3 is 1. The molecule has 210 valence electrons. The Morgan fingerprint density at radius 1 is 1.07 bits per heavy atom. The van der Waals surface area contributed by atoms with Gasteiger partial charge in [-0.2, -0.15) is 0 Å². The highest BCUT2D eigenvalue weighted by Crippen LogP contribution is 2.29. The van der Waals surface area contributed by atoms with Crippen molar-refractivity contribution in [2.75, 3.05) is 37.0 Å². The van der Waals surface area contributed by atoms with Crippen molar-refractivity contribution in [2.24, 2.45) is 5.92 Å². The van der Waals surface area contributed by atoms with Crippen LogP contribution in [0, 0.1) is 5.92 Å². The van der Waals surface area contributed by atoms with Gasteiger partial charge in [-0.25, -0.2) is 0 Å². The Balaban J connectivity index is 1.13. The minimum absolute atomic E-state index is 0.0217. The van der Waals surface area contributed by atoms with Crippen molar-refractivity contribution in [1.82, 2.24) is 20.1 Å². The Labute approximate surface area is 246 Å². The number of hydrogen-bond acceptors (Lipinski definition) is 8. The maximum atomic E-state index is 12.9. The van der Waals surface area contributed by atoms with Crippen LogP contribution in [-0.2, 0) is 17.9 Å². The summed E-state index contributed by atoms with van der Waals surface area (Å²) in [7, 11) is 1.64. The van der Waals surface area contributed by atoms with Crippen molar-refractivity contribution in [1.29, 1.82) is 0 Å². The van der Waals surface area contributed by atoms with E-state index in [0.717, 1.165) is 69.1 Å². The lowest BCUT2D eigenvalue weighted by molar-refractivity contribution is -0.125. The minimum Gasteiger partial charge on any atom is -0.496 e. The van der Waals surface area contributed by atoms with Crippen LogP contribution in [0.3, 0.4) is 0 Å². The highest BCUT2D eigenvalue weighted by molar-refractivity contribution is 9.10. The molecule has 1 fully saturated rings. The number of hydrogen-bond donors (Lipinski definition) is 2. The topological polar surface area (TPSA) is 93.5 Å². The Morgan fingerprint density at radius 2 is 1.85 bits per heavy atom. The average Bonchev–Trinajstić information content (AvgIpc) is 3.66. The van der Waals surface area contributed by atoms with Gasteiger partial charge in [0.25, 0.3) is 0 Å². The van der Waals surface area contributed by atoms with Crippen LogP contribution in [0.15, 0.2) is 65.3 Å². The van der Waals surface area contributed by atoms with Gasteiger partial charge < -0.3 is 25.0 Å². The molecule has 1 aliphatic rings. The van der Waals surface area contributed by atoms with Gasteiger partial charge >= 0.3 is 0 Å². The number of rotatable bonds is 11. The van der Waals surface area contributed by atoms with Crippen LogP contribution in [0.5, 0.6) is 11.5 Å². The minimum atomic E-state index is -0.0217. The quantitative estimate of drug-likeness (QED) is 0.223. The first-order valence-corrected chi connectivity index (χ1v) is 15.0.